The molecule has 2 rings (SSSR count). The van der Waals surface area contributed by atoms with Gasteiger partial charge in [0.2, 0.25) is 5.91 Å². The summed E-state index contributed by atoms with van der Waals surface area (Å²) in [4.78, 5) is 18.6. The number of nitrogens with one attached hydrogen (secondary N) is 2. The van der Waals surface area contributed by atoms with Crippen molar-refractivity contribution in [3.05, 3.63) is 59.4 Å². The Morgan fingerprint density at radius 1 is 1.13 bits per heavy atom. The van der Waals surface area contributed by atoms with Crippen LogP contribution in [0.15, 0.2) is 47.5 Å². The molecule has 0 heterocycles. The lowest BCUT2D eigenvalue weighted by molar-refractivity contribution is -0.120. The van der Waals surface area contributed by atoms with E-state index in [0.29, 0.717) is 25.2 Å². The van der Waals surface area contributed by atoms with Crippen molar-refractivity contribution < 1.29 is 18.7 Å². The molecule has 2 aromatic rings. The lowest BCUT2D eigenvalue weighted by atomic mass is 10.1. The van der Waals surface area contributed by atoms with Gasteiger partial charge >= 0.3 is 0 Å². The summed E-state index contributed by atoms with van der Waals surface area (Å²) in [5.74, 6) is 1.69. The largest absolute Gasteiger partial charge is 0.497 e. The molecule has 0 spiro atoms. The van der Waals surface area contributed by atoms with Crippen molar-refractivity contribution in [1.82, 2.24) is 15.5 Å². The summed E-state index contributed by atoms with van der Waals surface area (Å²) in [6, 6.07) is 11.8. The second-order valence-electron chi connectivity index (χ2n) is 6.93. The molecule has 31 heavy (non-hydrogen) atoms. The molecular weight excluding hydrogens is 399 g/mol. The molecule has 0 aromatic heterocycles. The van der Waals surface area contributed by atoms with Crippen LogP contribution in [0.4, 0.5) is 4.39 Å². The molecule has 0 unspecified atom stereocenters. The molecule has 2 aromatic carbocycles. The van der Waals surface area contributed by atoms with Gasteiger partial charge in [-0.1, -0.05) is 12.1 Å². The van der Waals surface area contributed by atoms with Gasteiger partial charge in [-0.15, -0.1) is 0 Å². The summed E-state index contributed by atoms with van der Waals surface area (Å²) in [6.45, 7) is 4.11. The number of benzene rings is 2. The van der Waals surface area contributed by atoms with E-state index in [1.165, 1.54) is 12.1 Å². The first-order valence-electron chi connectivity index (χ1n) is 10.2. The number of hydrogen-bond donors (Lipinski definition) is 2. The van der Waals surface area contributed by atoms with Gasteiger partial charge in [-0.05, 0) is 36.8 Å². The predicted octanol–water partition coefficient (Wildman–Crippen LogP) is 2.60. The highest BCUT2D eigenvalue weighted by Crippen LogP contribution is 2.25. The number of aliphatic imine (C=N–C) groups is 1. The van der Waals surface area contributed by atoms with Crippen LogP contribution in [0.2, 0.25) is 0 Å². The molecule has 0 saturated carbocycles. The fourth-order valence-corrected chi connectivity index (χ4v) is 3.03. The monoisotopic (exact) mass is 430 g/mol. The van der Waals surface area contributed by atoms with Crippen LogP contribution in [0.3, 0.4) is 0 Å². The number of hydrogen-bond acceptors (Lipinski definition) is 4. The molecule has 0 radical (unpaired) electrons. The Hall–Kier alpha value is -3.29. The van der Waals surface area contributed by atoms with Crippen molar-refractivity contribution in [2.45, 2.75) is 19.9 Å². The third-order valence-corrected chi connectivity index (χ3v) is 4.55. The maximum Gasteiger partial charge on any atom is 0.224 e. The van der Waals surface area contributed by atoms with Crippen LogP contribution in [0.1, 0.15) is 18.1 Å². The highest BCUT2D eigenvalue weighted by atomic mass is 19.1. The van der Waals surface area contributed by atoms with Crippen LogP contribution in [0.5, 0.6) is 11.5 Å². The number of nitrogens with zero attached hydrogens (tertiary/aromatic N) is 2. The second kappa shape index (κ2) is 12.4. The van der Waals surface area contributed by atoms with Gasteiger partial charge in [0.15, 0.2) is 5.96 Å². The Labute approximate surface area is 183 Å². The highest BCUT2D eigenvalue weighted by Gasteiger charge is 2.11. The predicted molar refractivity (Wildman–Crippen MR) is 120 cm³/mol. The summed E-state index contributed by atoms with van der Waals surface area (Å²) >= 11 is 0. The highest BCUT2D eigenvalue weighted by molar-refractivity contribution is 5.80. The lowest BCUT2D eigenvalue weighted by Gasteiger charge is -2.23. The Morgan fingerprint density at radius 3 is 2.61 bits per heavy atom. The first-order valence-corrected chi connectivity index (χ1v) is 10.2. The van der Waals surface area contributed by atoms with E-state index < -0.39 is 0 Å². The van der Waals surface area contributed by atoms with E-state index in [0.717, 1.165) is 29.6 Å². The van der Waals surface area contributed by atoms with Crippen LogP contribution in [-0.2, 0) is 17.8 Å². The Bertz CT molecular complexity index is 889. The van der Waals surface area contributed by atoms with E-state index in [4.69, 9.17) is 9.47 Å². The number of methoxy groups -OCH3 is 2. The smallest absolute Gasteiger partial charge is 0.224 e. The van der Waals surface area contributed by atoms with Gasteiger partial charge < -0.3 is 25.0 Å². The number of rotatable bonds is 10. The van der Waals surface area contributed by atoms with E-state index in [9.17, 15) is 9.18 Å². The number of carbonyl (C=O) groups excluding carboxylic acids is 1. The van der Waals surface area contributed by atoms with Gasteiger partial charge in [-0.2, -0.15) is 0 Å². The van der Waals surface area contributed by atoms with E-state index in [2.05, 4.69) is 15.6 Å². The maximum atomic E-state index is 13.2. The van der Waals surface area contributed by atoms with E-state index >= 15 is 0 Å². The van der Waals surface area contributed by atoms with Crippen molar-refractivity contribution in [3.8, 4) is 11.5 Å². The normalized spacial score (nSPS) is 11.1. The van der Waals surface area contributed by atoms with Gasteiger partial charge in [0.1, 0.15) is 17.3 Å². The quantitative estimate of drug-likeness (QED) is 0.344. The topological polar surface area (TPSA) is 75.2 Å². The van der Waals surface area contributed by atoms with Crippen molar-refractivity contribution in [1.29, 1.82) is 0 Å². The van der Waals surface area contributed by atoms with Crippen molar-refractivity contribution in [3.63, 3.8) is 0 Å². The molecule has 7 nitrogen and oxygen atoms in total. The molecule has 0 aliphatic heterocycles. The molecule has 168 valence electrons. The number of amides is 1. The summed E-state index contributed by atoms with van der Waals surface area (Å²) in [5, 5.41) is 6.07. The fourth-order valence-electron chi connectivity index (χ4n) is 3.03. The molecule has 0 aliphatic rings. The van der Waals surface area contributed by atoms with Gasteiger partial charge in [0.25, 0.3) is 0 Å². The third kappa shape index (κ3) is 7.81. The Kier molecular flexibility index (Phi) is 9.61. The van der Waals surface area contributed by atoms with Crippen LogP contribution < -0.4 is 20.1 Å². The molecule has 0 atom stereocenters. The maximum absolute atomic E-state index is 13.2. The molecule has 1 amide bonds. The van der Waals surface area contributed by atoms with Gasteiger partial charge in [-0.3, -0.25) is 9.79 Å². The second-order valence-corrected chi connectivity index (χ2v) is 6.93. The molecule has 0 saturated heterocycles. The van der Waals surface area contributed by atoms with Crippen LogP contribution in [0.25, 0.3) is 0 Å². The van der Waals surface area contributed by atoms with Gasteiger partial charge in [0.05, 0.1) is 27.2 Å². The van der Waals surface area contributed by atoms with Crippen LogP contribution in [0, 0.1) is 5.82 Å². The molecule has 0 aliphatic carbocycles. The Morgan fingerprint density at radius 2 is 1.94 bits per heavy atom. The summed E-state index contributed by atoms with van der Waals surface area (Å²) < 4.78 is 23.9. The number of ether oxygens (including phenoxy) is 2. The molecule has 2 N–H and O–H groups in total. The van der Waals surface area contributed by atoms with E-state index in [1.807, 2.05) is 37.1 Å². The molecule has 0 bridgehead atoms. The summed E-state index contributed by atoms with van der Waals surface area (Å²) in [5.41, 5.74) is 1.64. The Balaban J connectivity index is 1.91. The third-order valence-electron chi connectivity index (χ3n) is 4.55. The number of carbonyl (C=O) groups is 1. The minimum Gasteiger partial charge on any atom is -0.497 e. The van der Waals surface area contributed by atoms with Gasteiger partial charge in [-0.25, -0.2) is 4.39 Å². The number of guanidine groups is 1. The average molecular weight is 431 g/mol. The zero-order valence-corrected chi connectivity index (χ0v) is 18.6. The molecule has 0 fully saturated rings. The molecule has 8 heteroatoms. The van der Waals surface area contributed by atoms with Crippen LogP contribution in [-0.4, -0.2) is 57.7 Å². The summed E-state index contributed by atoms with van der Waals surface area (Å²) in [6.07, 6.45) is 0.138. The first kappa shape index (κ1) is 24.0. The van der Waals surface area contributed by atoms with E-state index in [-0.39, 0.29) is 18.1 Å². The van der Waals surface area contributed by atoms with Crippen molar-refractivity contribution in [2.24, 2.45) is 4.99 Å². The number of halogens is 1. The fraction of sp³-hybridized carbons (Fsp3) is 0.391. The SMILES string of the molecule is CCNC(=NCCNC(=O)Cc1cccc(F)c1)N(C)Cc1ccc(OC)cc1OC. The van der Waals surface area contributed by atoms with Crippen molar-refractivity contribution >= 4 is 11.9 Å². The average Bonchev–Trinajstić information content (AvgIpc) is 2.76. The summed E-state index contributed by atoms with van der Waals surface area (Å²) in [7, 11) is 5.19. The van der Waals surface area contributed by atoms with Crippen LogP contribution >= 0.6 is 0 Å². The van der Waals surface area contributed by atoms with E-state index in [1.54, 1.807) is 26.4 Å². The molecular formula is C23H31FN4O3. The zero-order valence-electron chi connectivity index (χ0n) is 18.6. The minimum absolute atomic E-state index is 0.138. The zero-order chi connectivity index (χ0) is 22.6. The standard InChI is InChI=1S/C23H31FN4O3/c1-5-25-23(28(2)16-18-9-10-20(30-3)15-21(18)31-4)27-12-11-26-22(29)14-17-7-6-8-19(24)13-17/h6-10,13,15H,5,11-12,14,16H2,1-4H3,(H,25,27)(H,26,29). The van der Waals surface area contributed by atoms with Gasteiger partial charge in [0, 0.05) is 38.3 Å². The lowest BCUT2D eigenvalue weighted by Crippen LogP contribution is -2.39. The van der Waals surface area contributed by atoms with Crippen molar-refractivity contribution in [2.75, 3.05) is 40.9 Å². The first-order chi connectivity index (χ1) is 15.0. The minimum atomic E-state index is -0.346.